The highest BCUT2D eigenvalue weighted by Gasteiger charge is 2.23. The van der Waals surface area contributed by atoms with E-state index in [0.717, 1.165) is 12.8 Å². The molecule has 0 spiro atoms. The van der Waals surface area contributed by atoms with E-state index in [1.54, 1.807) is 18.3 Å². The van der Waals surface area contributed by atoms with Crippen LogP contribution in [-0.2, 0) is 16.0 Å². The highest BCUT2D eigenvalue weighted by atomic mass is 16.4. The standard InChI is InChI=1S/C18H21N5O4/c19-14(17(25)21-15-4-2-1-3-13(15)18(26)27)9-11-7-8-23(22-11)16-6-5-12(24)10-20-16/h5-8,10,14,24H,1-4,9,19H2,(H,21,25)(H,26,27). The van der Waals surface area contributed by atoms with E-state index >= 15 is 0 Å². The summed E-state index contributed by atoms with van der Waals surface area (Å²) in [5.74, 6) is -0.847. The number of aromatic hydroxyl groups is 1. The Morgan fingerprint density at radius 1 is 1.26 bits per heavy atom. The van der Waals surface area contributed by atoms with Crippen molar-refractivity contribution >= 4 is 11.9 Å². The quantitative estimate of drug-likeness (QED) is 0.590. The van der Waals surface area contributed by atoms with Gasteiger partial charge in [-0.2, -0.15) is 5.10 Å². The minimum absolute atomic E-state index is 0.0579. The minimum atomic E-state index is -1.00. The fraction of sp³-hybridized carbons (Fsp3) is 0.333. The van der Waals surface area contributed by atoms with Crippen LogP contribution >= 0.6 is 0 Å². The third kappa shape index (κ3) is 4.50. The number of aliphatic carboxylic acids is 1. The van der Waals surface area contributed by atoms with Crippen LogP contribution in [0.5, 0.6) is 5.75 Å². The van der Waals surface area contributed by atoms with Crippen molar-refractivity contribution < 1.29 is 19.8 Å². The molecule has 1 aliphatic carbocycles. The number of carbonyl (C=O) groups excluding carboxylic acids is 1. The SMILES string of the molecule is NC(Cc1ccn(-c2ccc(O)cn2)n1)C(=O)NC1=C(C(=O)O)CCCC1. The lowest BCUT2D eigenvalue weighted by molar-refractivity contribution is -0.133. The Morgan fingerprint density at radius 3 is 2.74 bits per heavy atom. The highest BCUT2D eigenvalue weighted by Crippen LogP contribution is 2.23. The molecule has 2 aromatic rings. The molecule has 142 valence electrons. The lowest BCUT2D eigenvalue weighted by atomic mass is 9.96. The van der Waals surface area contributed by atoms with E-state index < -0.39 is 17.9 Å². The summed E-state index contributed by atoms with van der Waals surface area (Å²) in [5.41, 5.74) is 7.28. The van der Waals surface area contributed by atoms with Crippen molar-refractivity contribution in [3.63, 3.8) is 0 Å². The van der Waals surface area contributed by atoms with Gasteiger partial charge in [0.2, 0.25) is 5.91 Å². The molecule has 0 bridgehead atoms. The van der Waals surface area contributed by atoms with Crippen LogP contribution in [0.2, 0.25) is 0 Å². The summed E-state index contributed by atoms with van der Waals surface area (Å²) in [6, 6.07) is 3.98. The topological polar surface area (TPSA) is 143 Å². The molecule has 2 heterocycles. The number of hydrogen-bond donors (Lipinski definition) is 4. The molecule has 9 nitrogen and oxygen atoms in total. The van der Waals surface area contributed by atoms with Crippen LogP contribution in [0.3, 0.4) is 0 Å². The molecule has 1 unspecified atom stereocenters. The van der Waals surface area contributed by atoms with Crippen LogP contribution in [0.4, 0.5) is 0 Å². The summed E-state index contributed by atoms with van der Waals surface area (Å²) < 4.78 is 1.52. The Balaban J connectivity index is 1.65. The lowest BCUT2D eigenvalue weighted by Gasteiger charge is -2.20. The zero-order chi connectivity index (χ0) is 19.4. The molecule has 27 heavy (non-hydrogen) atoms. The van der Waals surface area contributed by atoms with Crippen LogP contribution in [-0.4, -0.2) is 42.9 Å². The second-order valence-electron chi connectivity index (χ2n) is 6.40. The van der Waals surface area contributed by atoms with Crippen LogP contribution in [0.1, 0.15) is 31.4 Å². The third-order valence-corrected chi connectivity index (χ3v) is 4.38. The number of nitrogens with one attached hydrogen (secondary N) is 1. The van der Waals surface area contributed by atoms with E-state index in [4.69, 9.17) is 5.73 Å². The van der Waals surface area contributed by atoms with Crippen molar-refractivity contribution in [1.29, 1.82) is 0 Å². The molecule has 2 aromatic heterocycles. The van der Waals surface area contributed by atoms with E-state index in [1.807, 2.05) is 0 Å². The van der Waals surface area contributed by atoms with Gasteiger partial charge in [0, 0.05) is 18.3 Å². The fourth-order valence-corrected chi connectivity index (χ4v) is 2.95. The number of nitrogens with two attached hydrogens (primary N) is 1. The summed E-state index contributed by atoms with van der Waals surface area (Å²) in [6.07, 6.45) is 5.82. The molecule has 1 atom stereocenters. The van der Waals surface area contributed by atoms with E-state index in [2.05, 4.69) is 15.4 Å². The average Bonchev–Trinajstić information content (AvgIpc) is 3.11. The van der Waals surface area contributed by atoms with Crippen molar-refractivity contribution in [2.24, 2.45) is 5.73 Å². The molecule has 0 saturated carbocycles. The molecule has 0 aliphatic heterocycles. The van der Waals surface area contributed by atoms with Crippen LogP contribution in [0, 0.1) is 0 Å². The van der Waals surface area contributed by atoms with E-state index in [1.165, 1.54) is 16.9 Å². The number of carbonyl (C=O) groups is 2. The third-order valence-electron chi connectivity index (χ3n) is 4.38. The molecule has 0 radical (unpaired) electrons. The maximum Gasteiger partial charge on any atom is 0.333 e. The molecule has 0 saturated heterocycles. The monoisotopic (exact) mass is 371 g/mol. The van der Waals surface area contributed by atoms with Gasteiger partial charge in [0.1, 0.15) is 5.75 Å². The molecule has 1 amide bonds. The van der Waals surface area contributed by atoms with Gasteiger partial charge in [-0.1, -0.05) is 0 Å². The Morgan fingerprint density at radius 2 is 2.04 bits per heavy atom. The number of aromatic nitrogens is 3. The largest absolute Gasteiger partial charge is 0.506 e. The van der Waals surface area contributed by atoms with Crippen molar-refractivity contribution in [2.45, 2.75) is 38.1 Å². The number of hydrogen-bond acceptors (Lipinski definition) is 6. The van der Waals surface area contributed by atoms with Gasteiger partial charge in [-0.25, -0.2) is 14.5 Å². The first-order valence-electron chi connectivity index (χ1n) is 8.65. The number of carboxylic acids is 1. The summed E-state index contributed by atoms with van der Waals surface area (Å²) in [6.45, 7) is 0. The van der Waals surface area contributed by atoms with Crippen molar-refractivity contribution in [1.82, 2.24) is 20.1 Å². The number of amides is 1. The number of allylic oxidation sites excluding steroid dienone is 1. The second kappa shape index (κ2) is 8.00. The Kier molecular flexibility index (Phi) is 5.51. The first-order valence-corrected chi connectivity index (χ1v) is 8.65. The molecule has 1 aliphatic rings. The average molecular weight is 371 g/mol. The number of pyridine rings is 1. The van der Waals surface area contributed by atoms with Gasteiger partial charge < -0.3 is 21.3 Å². The molecular weight excluding hydrogens is 350 g/mol. The fourth-order valence-electron chi connectivity index (χ4n) is 2.95. The van der Waals surface area contributed by atoms with Gasteiger partial charge >= 0.3 is 5.97 Å². The Bertz CT molecular complexity index is 872. The van der Waals surface area contributed by atoms with Crippen LogP contribution < -0.4 is 11.1 Å². The first-order chi connectivity index (χ1) is 12.9. The van der Waals surface area contributed by atoms with E-state index in [9.17, 15) is 19.8 Å². The van der Waals surface area contributed by atoms with E-state index in [0.29, 0.717) is 30.1 Å². The molecule has 0 fully saturated rings. The molecule has 0 aromatic carbocycles. The molecular formula is C18H21N5O4. The summed E-state index contributed by atoms with van der Waals surface area (Å²) >= 11 is 0. The molecule has 3 rings (SSSR count). The number of nitrogens with zero attached hydrogens (tertiary/aromatic N) is 3. The maximum absolute atomic E-state index is 12.4. The zero-order valence-electron chi connectivity index (χ0n) is 14.6. The van der Waals surface area contributed by atoms with Gasteiger partial charge in [-0.15, -0.1) is 0 Å². The van der Waals surface area contributed by atoms with Gasteiger partial charge in [0.25, 0.3) is 0 Å². The summed E-state index contributed by atoms with van der Waals surface area (Å²) in [4.78, 5) is 27.7. The van der Waals surface area contributed by atoms with E-state index in [-0.39, 0.29) is 17.7 Å². The van der Waals surface area contributed by atoms with Gasteiger partial charge in [-0.3, -0.25) is 4.79 Å². The Labute approximate surface area is 155 Å². The minimum Gasteiger partial charge on any atom is -0.506 e. The van der Waals surface area contributed by atoms with Crippen molar-refractivity contribution in [3.8, 4) is 11.6 Å². The second-order valence-corrected chi connectivity index (χ2v) is 6.40. The lowest BCUT2D eigenvalue weighted by Crippen LogP contribution is -2.42. The van der Waals surface area contributed by atoms with Crippen LogP contribution in [0.15, 0.2) is 41.9 Å². The summed E-state index contributed by atoms with van der Waals surface area (Å²) in [5, 5.41) is 25.5. The maximum atomic E-state index is 12.4. The van der Waals surface area contributed by atoms with Gasteiger partial charge in [0.15, 0.2) is 5.82 Å². The zero-order valence-corrected chi connectivity index (χ0v) is 14.6. The predicted molar refractivity (Wildman–Crippen MR) is 96.0 cm³/mol. The van der Waals surface area contributed by atoms with Crippen molar-refractivity contribution in [2.75, 3.05) is 0 Å². The number of rotatable bonds is 6. The molecule has 5 N–H and O–H groups in total. The first kappa shape index (κ1) is 18.6. The number of carboxylic acid groups (broad SMARTS) is 1. The van der Waals surface area contributed by atoms with Crippen LogP contribution in [0.25, 0.3) is 5.82 Å². The summed E-state index contributed by atoms with van der Waals surface area (Å²) in [7, 11) is 0. The van der Waals surface area contributed by atoms with Crippen molar-refractivity contribution in [3.05, 3.63) is 47.6 Å². The highest BCUT2D eigenvalue weighted by molar-refractivity contribution is 5.90. The van der Waals surface area contributed by atoms with Gasteiger partial charge in [-0.05, 0) is 43.9 Å². The smallest absolute Gasteiger partial charge is 0.333 e. The Hall–Kier alpha value is -3.20. The predicted octanol–water partition coefficient (Wildman–Crippen LogP) is 0.872. The molecule has 9 heteroatoms. The van der Waals surface area contributed by atoms with Gasteiger partial charge in [0.05, 0.1) is 23.5 Å². The normalized spacial score (nSPS) is 15.4.